The Kier molecular flexibility index (Phi) is 3.84. The van der Waals surface area contributed by atoms with Crippen molar-refractivity contribution in [2.75, 3.05) is 6.61 Å². The topological polar surface area (TPSA) is 35.2 Å². The molecule has 0 aliphatic heterocycles. The van der Waals surface area contributed by atoms with Gasteiger partial charge in [-0.15, -0.1) is 0 Å². The molecule has 0 saturated carbocycles. The molecule has 0 aliphatic rings. The van der Waals surface area contributed by atoms with Gasteiger partial charge in [0.15, 0.2) is 0 Å². The molecule has 2 nitrogen and oxygen atoms in total. The first-order valence-corrected chi connectivity index (χ1v) is 4.71. The second kappa shape index (κ2) is 4.69. The Morgan fingerprint density at radius 3 is 2.92 bits per heavy atom. The molecule has 0 aliphatic carbocycles. The predicted molar refractivity (Wildman–Crippen MR) is 52.7 cm³/mol. The summed E-state index contributed by atoms with van der Waals surface area (Å²) in [7, 11) is 0. The highest BCUT2D eigenvalue weighted by atomic mass is 79.9. The summed E-state index contributed by atoms with van der Waals surface area (Å²) in [4.78, 5) is 4.47. The highest BCUT2D eigenvalue weighted by Gasteiger charge is 2.12. The number of hydrogen-bond acceptors (Lipinski definition) is 2. The molecule has 13 heavy (non-hydrogen) atoms. The summed E-state index contributed by atoms with van der Waals surface area (Å²) in [6.07, 6.45) is 0. The van der Waals surface area contributed by atoms with Crippen LogP contribution in [-0.2, 0) is 4.84 Å². The van der Waals surface area contributed by atoms with E-state index in [1.807, 2.05) is 6.92 Å². The van der Waals surface area contributed by atoms with Crippen LogP contribution >= 0.6 is 15.9 Å². The van der Waals surface area contributed by atoms with Gasteiger partial charge in [-0.2, -0.15) is 0 Å². The van der Waals surface area contributed by atoms with E-state index in [9.17, 15) is 4.39 Å². The fourth-order valence-corrected chi connectivity index (χ4v) is 1.52. The standard InChI is InChI=1S/C9H11BrFNO/c1-6(5-13-12)7-3-2-4-8(10)9(7)11/h2-4,6H,5,12H2,1H3. The van der Waals surface area contributed by atoms with Gasteiger partial charge in [0.05, 0.1) is 11.1 Å². The van der Waals surface area contributed by atoms with Crippen LogP contribution in [-0.4, -0.2) is 6.61 Å². The molecule has 1 atom stereocenters. The van der Waals surface area contributed by atoms with E-state index in [1.54, 1.807) is 18.2 Å². The van der Waals surface area contributed by atoms with Crippen molar-refractivity contribution >= 4 is 15.9 Å². The minimum absolute atomic E-state index is 0.0394. The highest BCUT2D eigenvalue weighted by Crippen LogP contribution is 2.24. The number of nitrogens with two attached hydrogens (primary N) is 1. The van der Waals surface area contributed by atoms with Crippen molar-refractivity contribution in [2.24, 2.45) is 5.90 Å². The van der Waals surface area contributed by atoms with Crippen LogP contribution in [0.3, 0.4) is 0 Å². The second-order valence-electron chi connectivity index (χ2n) is 2.88. The van der Waals surface area contributed by atoms with Crippen molar-refractivity contribution in [1.82, 2.24) is 0 Å². The van der Waals surface area contributed by atoms with E-state index in [0.717, 1.165) is 0 Å². The fourth-order valence-electron chi connectivity index (χ4n) is 1.14. The quantitative estimate of drug-likeness (QED) is 0.834. The van der Waals surface area contributed by atoms with Gasteiger partial charge in [-0.05, 0) is 27.6 Å². The van der Waals surface area contributed by atoms with Crippen molar-refractivity contribution in [3.05, 3.63) is 34.1 Å². The van der Waals surface area contributed by atoms with Gasteiger partial charge < -0.3 is 4.84 Å². The Bertz CT molecular complexity index is 293. The molecule has 0 aromatic heterocycles. The Morgan fingerprint density at radius 1 is 1.62 bits per heavy atom. The summed E-state index contributed by atoms with van der Waals surface area (Å²) in [5, 5.41) is 0. The van der Waals surface area contributed by atoms with Gasteiger partial charge in [0, 0.05) is 5.92 Å². The summed E-state index contributed by atoms with van der Waals surface area (Å²) in [6, 6.07) is 5.17. The Balaban J connectivity index is 2.93. The summed E-state index contributed by atoms with van der Waals surface area (Å²) < 4.78 is 13.9. The number of hydrogen-bond donors (Lipinski definition) is 1. The van der Waals surface area contributed by atoms with Crippen LogP contribution in [0.1, 0.15) is 18.4 Å². The molecule has 72 valence electrons. The largest absolute Gasteiger partial charge is 0.304 e. The van der Waals surface area contributed by atoms with E-state index < -0.39 is 0 Å². The SMILES string of the molecule is CC(CON)c1cccc(Br)c1F. The first-order chi connectivity index (χ1) is 6.16. The van der Waals surface area contributed by atoms with Crippen LogP contribution < -0.4 is 5.90 Å². The molecule has 1 aromatic rings. The van der Waals surface area contributed by atoms with Gasteiger partial charge in [-0.25, -0.2) is 10.3 Å². The zero-order valence-corrected chi connectivity index (χ0v) is 8.84. The maximum absolute atomic E-state index is 13.4. The maximum Gasteiger partial charge on any atom is 0.140 e. The normalized spacial score (nSPS) is 12.9. The lowest BCUT2D eigenvalue weighted by Gasteiger charge is -2.11. The van der Waals surface area contributed by atoms with Crippen LogP contribution in [0.4, 0.5) is 4.39 Å². The van der Waals surface area contributed by atoms with Gasteiger partial charge in [-0.3, -0.25) is 0 Å². The third kappa shape index (κ3) is 2.49. The number of rotatable bonds is 3. The minimum atomic E-state index is -0.243. The maximum atomic E-state index is 13.4. The molecular weight excluding hydrogens is 237 g/mol. The molecule has 0 heterocycles. The van der Waals surface area contributed by atoms with Crippen molar-refractivity contribution < 1.29 is 9.23 Å². The van der Waals surface area contributed by atoms with Crippen LogP contribution in [0.15, 0.2) is 22.7 Å². The Hall–Kier alpha value is -0.450. The molecule has 0 bridgehead atoms. The monoisotopic (exact) mass is 247 g/mol. The van der Waals surface area contributed by atoms with E-state index in [0.29, 0.717) is 16.6 Å². The minimum Gasteiger partial charge on any atom is -0.304 e. The molecular formula is C9H11BrFNO. The molecule has 4 heteroatoms. The highest BCUT2D eigenvalue weighted by molar-refractivity contribution is 9.10. The first kappa shape index (κ1) is 10.6. The van der Waals surface area contributed by atoms with Crippen molar-refractivity contribution in [3.63, 3.8) is 0 Å². The Labute approximate surface area is 85.0 Å². The lowest BCUT2D eigenvalue weighted by molar-refractivity contribution is 0.126. The van der Waals surface area contributed by atoms with Crippen LogP contribution in [0, 0.1) is 5.82 Å². The fraction of sp³-hybridized carbons (Fsp3) is 0.333. The van der Waals surface area contributed by atoms with E-state index in [-0.39, 0.29) is 11.7 Å². The van der Waals surface area contributed by atoms with E-state index in [4.69, 9.17) is 5.90 Å². The zero-order valence-electron chi connectivity index (χ0n) is 7.26. The third-order valence-electron chi connectivity index (χ3n) is 1.86. The van der Waals surface area contributed by atoms with E-state index in [2.05, 4.69) is 20.8 Å². The Morgan fingerprint density at radius 2 is 2.31 bits per heavy atom. The smallest absolute Gasteiger partial charge is 0.140 e. The van der Waals surface area contributed by atoms with Gasteiger partial charge in [0.1, 0.15) is 5.82 Å². The lowest BCUT2D eigenvalue weighted by Crippen LogP contribution is -2.10. The average Bonchev–Trinajstić information content (AvgIpc) is 2.10. The summed E-state index contributed by atoms with van der Waals surface area (Å²) >= 11 is 3.12. The van der Waals surface area contributed by atoms with Gasteiger partial charge in [0.2, 0.25) is 0 Å². The molecule has 2 N–H and O–H groups in total. The molecule has 1 rings (SSSR count). The van der Waals surface area contributed by atoms with Gasteiger partial charge in [0.25, 0.3) is 0 Å². The van der Waals surface area contributed by atoms with E-state index in [1.165, 1.54) is 0 Å². The molecule has 0 amide bonds. The molecule has 0 radical (unpaired) electrons. The molecule has 1 unspecified atom stereocenters. The van der Waals surface area contributed by atoms with Gasteiger partial charge in [-0.1, -0.05) is 19.1 Å². The summed E-state index contributed by atoms with van der Waals surface area (Å²) in [5.74, 6) is 4.64. The number of halogens is 2. The zero-order chi connectivity index (χ0) is 9.84. The van der Waals surface area contributed by atoms with Crippen molar-refractivity contribution in [1.29, 1.82) is 0 Å². The average molecular weight is 248 g/mol. The lowest BCUT2D eigenvalue weighted by atomic mass is 10.0. The van der Waals surface area contributed by atoms with Crippen molar-refractivity contribution in [3.8, 4) is 0 Å². The first-order valence-electron chi connectivity index (χ1n) is 3.92. The third-order valence-corrected chi connectivity index (χ3v) is 2.47. The summed E-state index contributed by atoms with van der Waals surface area (Å²) in [6.45, 7) is 2.17. The van der Waals surface area contributed by atoms with Crippen LogP contribution in [0.2, 0.25) is 0 Å². The van der Waals surface area contributed by atoms with Crippen LogP contribution in [0.5, 0.6) is 0 Å². The molecule has 0 fully saturated rings. The molecule has 0 spiro atoms. The summed E-state index contributed by atoms with van der Waals surface area (Å²) in [5.41, 5.74) is 0.611. The van der Waals surface area contributed by atoms with Crippen molar-refractivity contribution in [2.45, 2.75) is 12.8 Å². The van der Waals surface area contributed by atoms with Gasteiger partial charge >= 0.3 is 0 Å². The van der Waals surface area contributed by atoms with E-state index >= 15 is 0 Å². The second-order valence-corrected chi connectivity index (χ2v) is 3.73. The number of benzene rings is 1. The van der Waals surface area contributed by atoms with Crippen LogP contribution in [0.25, 0.3) is 0 Å². The molecule has 0 saturated heterocycles. The predicted octanol–water partition coefficient (Wildman–Crippen LogP) is 2.58. The molecule has 1 aromatic carbocycles.